The fourth-order valence-corrected chi connectivity index (χ4v) is 1.97. The van der Waals surface area contributed by atoms with Crippen molar-refractivity contribution in [2.24, 2.45) is 0 Å². The first kappa shape index (κ1) is 13.9. The molecule has 2 aromatic rings. The standard InChI is InChI=1S/C15H15NO4/c1-2-13-11(7-8-20-13)15(19)16-12-6-4-3-5-10(12)9-14(17)18/h3-8H,2,9H2,1H3,(H,16,19)(H,17,18). The maximum absolute atomic E-state index is 12.2. The van der Waals surface area contributed by atoms with E-state index in [0.717, 1.165) is 0 Å². The van der Waals surface area contributed by atoms with Crippen molar-refractivity contribution in [2.45, 2.75) is 19.8 Å². The van der Waals surface area contributed by atoms with Crippen LogP contribution in [0.3, 0.4) is 0 Å². The fourth-order valence-electron chi connectivity index (χ4n) is 1.97. The summed E-state index contributed by atoms with van der Waals surface area (Å²) in [6.07, 6.45) is 1.95. The topological polar surface area (TPSA) is 79.5 Å². The summed E-state index contributed by atoms with van der Waals surface area (Å²) in [6.45, 7) is 1.90. The van der Waals surface area contributed by atoms with E-state index in [2.05, 4.69) is 5.32 Å². The number of hydrogen-bond acceptors (Lipinski definition) is 3. The first-order valence-electron chi connectivity index (χ1n) is 6.29. The highest BCUT2D eigenvalue weighted by molar-refractivity contribution is 6.05. The van der Waals surface area contributed by atoms with Gasteiger partial charge in [0.25, 0.3) is 5.91 Å². The summed E-state index contributed by atoms with van der Waals surface area (Å²) in [5, 5.41) is 11.6. The average Bonchev–Trinajstić information content (AvgIpc) is 2.88. The number of carbonyl (C=O) groups is 2. The van der Waals surface area contributed by atoms with Crippen LogP contribution < -0.4 is 5.32 Å². The average molecular weight is 273 g/mol. The number of aliphatic carboxylic acids is 1. The Morgan fingerprint density at radius 3 is 2.70 bits per heavy atom. The van der Waals surface area contributed by atoms with E-state index in [4.69, 9.17) is 9.52 Å². The molecule has 0 aliphatic rings. The number of carbonyl (C=O) groups excluding carboxylic acids is 1. The molecule has 1 amide bonds. The third-order valence-corrected chi connectivity index (χ3v) is 2.92. The third kappa shape index (κ3) is 3.06. The van der Waals surface area contributed by atoms with Crippen molar-refractivity contribution in [3.8, 4) is 0 Å². The highest BCUT2D eigenvalue weighted by Crippen LogP contribution is 2.19. The number of benzene rings is 1. The molecule has 0 aliphatic heterocycles. The maximum atomic E-state index is 12.2. The van der Waals surface area contributed by atoms with Crippen molar-refractivity contribution in [1.82, 2.24) is 0 Å². The summed E-state index contributed by atoms with van der Waals surface area (Å²) in [7, 11) is 0. The molecule has 1 aromatic heterocycles. The largest absolute Gasteiger partial charge is 0.481 e. The number of amides is 1. The second kappa shape index (κ2) is 6.06. The van der Waals surface area contributed by atoms with Gasteiger partial charge in [-0.1, -0.05) is 25.1 Å². The summed E-state index contributed by atoms with van der Waals surface area (Å²) in [6, 6.07) is 8.45. The summed E-state index contributed by atoms with van der Waals surface area (Å²) >= 11 is 0. The molecule has 2 rings (SSSR count). The second-order valence-corrected chi connectivity index (χ2v) is 4.29. The Morgan fingerprint density at radius 2 is 2.00 bits per heavy atom. The first-order chi connectivity index (χ1) is 9.61. The van der Waals surface area contributed by atoms with Crippen molar-refractivity contribution in [1.29, 1.82) is 0 Å². The Labute approximate surface area is 116 Å². The molecule has 2 N–H and O–H groups in total. The molecule has 0 fully saturated rings. The molecule has 1 heterocycles. The number of rotatable bonds is 5. The van der Waals surface area contributed by atoms with Crippen molar-refractivity contribution < 1.29 is 19.1 Å². The van der Waals surface area contributed by atoms with Crippen molar-refractivity contribution in [2.75, 3.05) is 5.32 Å². The molecule has 1 aromatic carbocycles. The third-order valence-electron chi connectivity index (χ3n) is 2.92. The number of furan rings is 1. The number of nitrogens with one attached hydrogen (secondary N) is 1. The van der Waals surface area contributed by atoms with Gasteiger partial charge in [0.05, 0.1) is 18.2 Å². The van der Waals surface area contributed by atoms with E-state index in [0.29, 0.717) is 29.0 Å². The van der Waals surface area contributed by atoms with E-state index >= 15 is 0 Å². The van der Waals surface area contributed by atoms with Crippen LogP contribution in [-0.2, 0) is 17.6 Å². The lowest BCUT2D eigenvalue weighted by Gasteiger charge is -2.09. The van der Waals surface area contributed by atoms with Crippen LogP contribution in [0.5, 0.6) is 0 Å². The summed E-state index contributed by atoms with van der Waals surface area (Å²) in [5.74, 6) is -0.629. The highest BCUT2D eigenvalue weighted by Gasteiger charge is 2.15. The maximum Gasteiger partial charge on any atom is 0.307 e. The Kier molecular flexibility index (Phi) is 4.20. The Balaban J connectivity index is 2.22. The van der Waals surface area contributed by atoms with E-state index in [9.17, 15) is 9.59 Å². The lowest BCUT2D eigenvalue weighted by atomic mass is 10.1. The van der Waals surface area contributed by atoms with Crippen molar-refractivity contribution in [3.05, 3.63) is 53.5 Å². The smallest absolute Gasteiger partial charge is 0.307 e. The van der Waals surface area contributed by atoms with Gasteiger partial charge in [-0.2, -0.15) is 0 Å². The van der Waals surface area contributed by atoms with Crippen LogP contribution in [0, 0.1) is 0 Å². The zero-order chi connectivity index (χ0) is 14.5. The molecule has 0 unspecified atom stereocenters. The molecule has 104 valence electrons. The van der Waals surface area contributed by atoms with E-state index in [1.807, 2.05) is 6.92 Å². The monoisotopic (exact) mass is 273 g/mol. The quantitative estimate of drug-likeness (QED) is 0.877. The van der Waals surface area contributed by atoms with Gasteiger partial charge in [-0.15, -0.1) is 0 Å². The minimum atomic E-state index is -0.941. The molecule has 0 radical (unpaired) electrons. The van der Waals surface area contributed by atoms with Gasteiger partial charge >= 0.3 is 5.97 Å². The normalized spacial score (nSPS) is 10.2. The van der Waals surface area contributed by atoms with Crippen LogP contribution in [0.1, 0.15) is 28.6 Å². The van der Waals surface area contributed by atoms with Crippen molar-refractivity contribution >= 4 is 17.6 Å². The molecular formula is C15H15NO4. The molecule has 5 heteroatoms. The van der Waals surface area contributed by atoms with Gasteiger partial charge in [0.2, 0.25) is 0 Å². The molecule has 20 heavy (non-hydrogen) atoms. The number of anilines is 1. The SMILES string of the molecule is CCc1occc1C(=O)Nc1ccccc1CC(=O)O. The predicted molar refractivity (Wildman–Crippen MR) is 73.8 cm³/mol. The van der Waals surface area contributed by atoms with Gasteiger partial charge in [-0.05, 0) is 17.7 Å². The van der Waals surface area contributed by atoms with Crippen LogP contribution in [0.15, 0.2) is 41.0 Å². The van der Waals surface area contributed by atoms with Crippen molar-refractivity contribution in [3.63, 3.8) is 0 Å². The van der Waals surface area contributed by atoms with Crippen LogP contribution in [0.4, 0.5) is 5.69 Å². The summed E-state index contributed by atoms with van der Waals surface area (Å²) in [5.41, 5.74) is 1.54. The van der Waals surface area contributed by atoms with Crippen LogP contribution >= 0.6 is 0 Å². The molecule has 0 saturated heterocycles. The minimum absolute atomic E-state index is 0.136. The molecule has 0 saturated carbocycles. The lowest BCUT2D eigenvalue weighted by molar-refractivity contribution is -0.136. The van der Waals surface area contributed by atoms with E-state index in [-0.39, 0.29) is 12.3 Å². The molecule has 0 bridgehead atoms. The Bertz CT molecular complexity index is 630. The molecular weight excluding hydrogens is 258 g/mol. The Hall–Kier alpha value is -2.56. The van der Waals surface area contributed by atoms with Gasteiger partial charge in [-0.3, -0.25) is 9.59 Å². The van der Waals surface area contributed by atoms with E-state index in [1.165, 1.54) is 6.26 Å². The second-order valence-electron chi connectivity index (χ2n) is 4.29. The Morgan fingerprint density at radius 1 is 1.25 bits per heavy atom. The fraction of sp³-hybridized carbons (Fsp3) is 0.200. The number of aryl methyl sites for hydroxylation is 1. The predicted octanol–water partition coefficient (Wildman–Crippen LogP) is 2.72. The summed E-state index contributed by atoms with van der Waals surface area (Å²) in [4.78, 5) is 23.0. The van der Waals surface area contributed by atoms with Gasteiger partial charge in [0, 0.05) is 12.1 Å². The van der Waals surface area contributed by atoms with Crippen LogP contribution in [0.2, 0.25) is 0 Å². The molecule has 0 atom stereocenters. The zero-order valence-corrected chi connectivity index (χ0v) is 11.1. The van der Waals surface area contributed by atoms with Crippen LogP contribution in [0.25, 0.3) is 0 Å². The molecule has 0 spiro atoms. The van der Waals surface area contributed by atoms with Gasteiger partial charge in [-0.25, -0.2) is 0 Å². The number of para-hydroxylation sites is 1. The zero-order valence-electron chi connectivity index (χ0n) is 11.1. The lowest BCUT2D eigenvalue weighted by Crippen LogP contribution is -2.15. The molecule has 5 nitrogen and oxygen atoms in total. The van der Waals surface area contributed by atoms with Gasteiger partial charge < -0.3 is 14.8 Å². The number of carboxylic acids is 1. The van der Waals surface area contributed by atoms with E-state index in [1.54, 1.807) is 30.3 Å². The van der Waals surface area contributed by atoms with E-state index < -0.39 is 5.97 Å². The van der Waals surface area contributed by atoms with Gasteiger partial charge in [0.1, 0.15) is 5.76 Å². The highest BCUT2D eigenvalue weighted by atomic mass is 16.4. The first-order valence-corrected chi connectivity index (χ1v) is 6.29. The van der Waals surface area contributed by atoms with Crippen LogP contribution in [-0.4, -0.2) is 17.0 Å². The summed E-state index contributed by atoms with van der Waals surface area (Å²) < 4.78 is 5.21. The molecule has 0 aliphatic carbocycles. The van der Waals surface area contributed by atoms with Gasteiger partial charge in [0.15, 0.2) is 0 Å². The number of hydrogen-bond donors (Lipinski definition) is 2. The minimum Gasteiger partial charge on any atom is -0.481 e. The number of carboxylic acid groups (broad SMARTS) is 1.